The smallest absolute Gasteiger partial charge is 0.0456 e. The first-order valence-electron chi connectivity index (χ1n) is 7.75. The summed E-state index contributed by atoms with van der Waals surface area (Å²) < 4.78 is 0. The van der Waals surface area contributed by atoms with E-state index in [9.17, 15) is 0 Å². The highest BCUT2D eigenvalue weighted by Gasteiger charge is 2.35. The van der Waals surface area contributed by atoms with E-state index in [0.29, 0.717) is 12.0 Å². The molecule has 2 N–H and O–H groups in total. The van der Waals surface area contributed by atoms with Gasteiger partial charge in [-0.05, 0) is 43.4 Å². The summed E-state index contributed by atoms with van der Waals surface area (Å²) in [5.41, 5.74) is 9.42. The van der Waals surface area contributed by atoms with Crippen LogP contribution < -0.4 is 5.73 Å². The Morgan fingerprint density at radius 1 is 1.11 bits per heavy atom. The molecule has 0 saturated heterocycles. The molecule has 104 valence electrons. The van der Waals surface area contributed by atoms with Crippen molar-refractivity contribution >= 4 is 0 Å². The lowest BCUT2D eigenvalue weighted by molar-refractivity contribution is 0.131. The Bertz CT molecular complexity index is 437. The molecule has 1 saturated carbocycles. The molecule has 0 amide bonds. The lowest BCUT2D eigenvalue weighted by atomic mass is 9.77. The third kappa shape index (κ3) is 2.32. The van der Waals surface area contributed by atoms with Gasteiger partial charge in [0, 0.05) is 18.1 Å². The molecule has 2 aliphatic rings. The molecule has 1 aromatic rings. The molecule has 0 bridgehead atoms. The maximum absolute atomic E-state index is 6.58. The fourth-order valence-electron chi connectivity index (χ4n) is 4.11. The largest absolute Gasteiger partial charge is 0.323 e. The zero-order chi connectivity index (χ0) is 13.4. The van der Waals surface area contributed by atoms with Gasteiger partial charge in [0.2, 0.25) is 0 Å². The number of nitrogens with zero attached hydrogens (tertiary/aromatic N) is 1. The van der Waals surface area contributed by atoms with Crippen molar-refractivity contribution in [2.75, 3.05) is 7.05 Å². The minimum absolute atomic E-state index is 0.179. The predicted molar refractivity (Wildman–Crippen MR) is 80.2 cm³/mol. The summed E-state index contributed by atoms with van der Waals surface area (Å²) in [5.74, 6) is 0.629. The van der Waals surface area contributed by atoms with Crippen molar-refractivity contribution in [1.82, 2.24) is 4.90 Å². The van der Waals surface area contributed by atoms with E-state index in [1.807, 2.05) is 0 Å². The zero-order valence-corrected chi connectivity index (χ0v) is 12.2. The SMILES string of the molecule is CC1CC(N(C)C2CCCC2)C(N)c2ccccc21. The molecule has 19 heavy (non-hydrogen) atoms. The van der Waals surface area contributed by atoms with Gasteiger partial charge in [-0.3, -0.25) is 4.90 Å². The Kier molecular flexibility index (Phi) is 3.64. The van der Waals surface area contributed by atoms with Gasteiger partial charge < -0.3 is 5.73 Å². The number of likely N-dealkylation sites (N-methyl/N-ethyl adjacent to an activating group) is 1. The Morgan fingerprint density at radius 2 is 1.74 bits per heavy atom. The normalized spacial score (nSPS) is 31.7. The van der Waals surface area contributed by atoms with E-state index < -0.39 is 0 Å². The van der Waals surface area contributed by atoms with Gasteiger partial charge in [0.25, 0.3) is 0 Å². The van der Waals surface area contributed by atoms with Gasteiger partial charge in [0.05, 0.1) is 0 Å². The number of benzene rings is 1. The molecule has 1 fully saturated rings. The molecule has 2 heteroatoms. The predicted octanol–water partition coefficient (Wildman–Crippen LogP) is 3.44. The molecule has 0 aliphatic heterocycles. The van der Waals surface area contributed by atoms with Gasteiger partial charge in [-0.2, -0.15) is 0 Å². The van der Waals surface area contributed by atoms with Crippen LogP contribution in [0.3, 0.4) is 0 Å². The van der Waals surface area contributed by atoms with Gasteiger partial charge >= 0.3 is 0 Å². The van der Waals surface area contributed by atoms with E-state index in [1.54, 1.807) is 0 Å². The number of fused-ring (bicyclic) bond motifs is 1. The third-order valence-corrected chi connectivity index (χ3v) is 5.32. The van der Waals surface area contributed by atoms with E-state index >= 15 is 0 Å². The van der Waals surface area contributed by atoms with Crippen LogP contribution in [0.1, 0.15) is 62.1 Å². The van der Waals surface area contributed by atoms with Gasteiger partial charge in [-0.15, -0.1) is 0 Å². The molecule has 3 atom stereocenters. The number of nitrogens with two attached hydrogens (primary N) is 1. The molecule has 0 radical (unpaired) electrons. The quantitative estimate of drug-likeness (QED) is 0.880. The monoisotopic (exact) mass is 258 g/mol. The average Bonchev–Trinajstić information content (AvgIpc) is 2.96. The minimum atomic E-state index is 0.179. The van der Waals surface area contributed by atoms with Crippen LogP contribution in [0.5, 0.6) is 0 Å². The molecule has 2 nitrogen and oxygen atoms in total. The molecule has 1 aromatic carbocycles. The van der Waals surface area contributed by atoms with Crippen LogP contribution in [-0.4, -0.2) is 24.0 Å². The average molecular weight is 258 g/mol. The highest BCUT2D eigenvalue weighted by molar-refractivity contribution is 5.36. The van der Waals surface area contributed by atoms with E-state index in [2.05, 4.69) is 43.1 Å². The van der Waals surface area contributed by atoms with Crippen molar-refractivity contribution in [3.63, 3.8) is 0 Å². The highest BCUT2D eigenvalue weighted by atomic mass is 15.2. The van der Waals surface area contributed by atoms with Crippen LogP contribution in [0.25, 0.3) is 0 Å². The fourth-order valence-corrected chi connectivity index (χ4v) is 4.11. The van der Waals surface area contributed by atoms with Crippen LogP contribution in [-0.2, 0) is 0 Å². The first kappa shape index (κ1) is 13.1. The minimum Gasteiger partial charge on any atom is -0.323 e. The summed E-state index contributed by atoms with van der Waals surface area (Å²) in [4.78, 5) is 2.59. The van der Waals surface area contributed by atoms with E-state index in [4.69, 9.17) is 5.73 Å². The van der Waals surface area contributed by atoms with Crippen molar-refractivity contribution in [2.24, 2.45) is 5.73 Å². The lowest BCUT2D eigenvalue weighted by Gasteiger charge is -2.42. The Hall–Kier alpha value is -0.860. The van der Waals surface area contributed by atoms with Crippen molar-refractivity contribution in [3.05, 3.63) is 35.4 Å². The van der Waals surface area contributed by atoms with Crippen molar-refractivity contribution < 1.29 is 0 Å². The molecular weight excluding hydrogens is 232 g/mol. The Balaban J connectivity index is 1.85. The van der Waals surface area contributed by atoms with Crippen molar-refractivity contribution in [1.29, 1.82) is 0 Å². The number of hydrogen-bond donors (Lipinski definition) is 1. The van der Waals surface area contributed by atoms with E-state index in [-0.39, 0.29) is 6.04 Å². The molecule has 0 aromatic heterocycles. The second-order valence-electron chi connectivity index (χ2n) is 6.46. The van der Waals surface area contributed by atoms with Crippen LogP contribution >= 0.6 is 0 Å². The van der Waals surface area contributed by atoms with Crippen molar-refractivity contribution in [2.45, 2.75) is 63.1 Å². The zero-order valence-electron chi connectivity index (χ0n) is 12.2. The van der Waals surface area contributed by atoms with E-state index in [0.717, 1.165) is 6.04 Å². The maximum atomic E-state index is 6.58. The lowest BCUT2D eigenvalue weighted by Crippen LogP contribution is -2.47. The number of hydrogen-bond acceptors (Lipinski definition) is 2. The summed E-state index contributed by atoms with van der Waals surface area (Å²) in [5, 5.41) is 0. The topological polar surface area (TPSA) is 29.3 Å². The fraction of sp³-hybridized carbons (Fsp3) is 0.647. The van der Waals surface area contributed by atoms with Crippen LogP contribution in [0, 0.1) is 0 Å². The van der Waals surface area contributed by atoms with Gasteiger partial charge in [0.1, 0.15) is 0 Å². The van der Waals surface area contributed by atoms with Crippen molar-refractivity contribution in [3.8, 4) is 0 Å². The van der Waals surface area contributed by atoms with Crippen LogP contribution in [0.15, 0.2) is 24.3 Å². The van der Waals surface area contributed by atoms with Gasteiger partial charge in [-0.1, -0.05) is 44.0 Å². The molecule has 3 rings (SSSR count). The summed E-state index contributed by atoms with van der Waals surface area (Å²) in [6.45, 7) is 2.35. The Labute approximate surface area is 117 Å². The summed E-state index contributed by atoms with van der Waals surface area (Å²) in [6, 6.07) is 10.2. The Morgan fingerprint density at radius 3 is 2.42 bits per heavy atom. The maximum Gasteiger partial charge on any atom is 0.0456 e. The van der Waals surface area contributed by atoms with Crippen LogP contribution in [0.2, 0.25) is 0 Å². The molecule has 3 unspecified atom stereocenters. The standard InChI is InChI=1S/C17H26N2/c1-12-11-16(19(2)13-7-3-4-8-13)17(18)15-10-6-5-9-14(12)15/h5-6,9-10,12-13,16-17H,3-4,7-8,11,18H2,1-2H3. The van der Waals surface area contributed by atoms with Gasteiger partial charge in [0.15, 0.2) is 0 Å². The second-order valence-corrected chi connectivity index (χ2v) is 6.46. The summed E-state index contributed by atoms with van der Waals surface area (Å²) in [7, 11) is 2.29. The first-order chi connectivity index (χ1) is 9.18. The summed E-state index contributed by atoms with van der Waals surface area (Å²) >= 11 is 0. The highest BCUT2D eigenvalue weighted by Crippen LogP contribution is 2.39. The summed E-state index contributed by atoms with van der Waals surface area (Å²) in [6.07, 6.45) is 6.70. The molecular formula is C17H26N2. The third-order valence-electron chi connectivity index (χ3n) is 5.32. The van der Waals surface area contributed by atoms with Gasteiger partial charge in [-0.25, -0.2) is 0 Å². The van der Waals surface area contributed by atoms with E-state index in [1.165, 1.54) is 43.2 Å². The molecule has 0 spiro atoms. The van der Waals surface area contributed by atoms with Crippen LogP contribution in [0.4, 0.5) is 0 Å². The first-order valence-corrected chi connectivity index (χ1v) is 7.75. The second kappa shape index (κ2) is 5.26. The molecule has 0 heterocycles. The number of rotatable bonds is 2. The molecule has 2 aliphatic carbocycles.